The van der Waals surface area contributed by atoms with Gasteiger partial charge in [0.1, 0.15) is 12.7 Å². The zero-order valence-electron chi connectivity index (χ0n) is 15.3. The van der Waals surface area contributed by atoms with E-state index < -0.39 is 35.9 Å². The number of benzene rings is 1. The van der Waals surface area contributed by atoms with Crippen LogP contribution in [0.15, 0.2) is 30.3 Å². The fourth-order valence-electron chi connectivity index (χ4n) is 3.34. The highest BCUT2D eigenvalue weighted by Gasteiger charge is 2.45. The topological polar surface area (TPSA) is 85.3 Å². The van der Waals surface area contributed by atoms with E-state index in [1.165, 1.54) is 0 Å². The molecule has 0 aliphatic carbocycles. The van der Waals surface area contributed by atoms with Gasteiger partial charge in [-0.25, -0.2) is 9.69 Å². The number of aliphatic hydroxyl groups excluding tert-OH is 1. The maximum Gasteiger partial charge on any atom is 0.416 e. The number of cyclic esters (lactones) is 1. The molecule has 0 bridgehead atoms. The third-order valence-electron chi connectivity index (χ3n) is 4.83. The van der Waals surface area contributed by atoms with Crippen molar-refractivity contribution in [2.45, 2.75) is 51.2 Å². The predicted molar refractivity (Wildman–Crippen MR) is 92.2 cm³/mol. The summed E-state index contributed by atoms with van der Waals surface area (Å²) in [5.74, 6) is -2.08. The van der Waals surface area contributed by atoms with Crippen LogP contribution >= 0.6 is 0 Å². The minimum atomic E-state index is -1.07. The Hall–Kier alpha value is -1.96. The minimum Gasteiger partial charge on any atom is -0.447 e. The van der Waals surface area contributed by atoms with E-state index in [4.69, 9.17) is 14.2 Å². The van der Waals surface area contributed by atoms with Crippen molar-refractivity contribution in [3.05, 3.63) is 35.9 Å². The smallest absolute Gasteiger partial charge is 0.416 e. The van der Waals surface area contributed by atoms with E-state index in [2.05, 4.69) is 0 Å². The number of ether oxygens (including phenoxy) is 3. The van der Waals surface area contributed by atoms with E-state index in [-0.39, 0.29) is 19.3 Å². The first kappa shape index (κ1) is 18.8. The maximum absolute atomic E-state index is 12.9. The summed E-state index contributed by atoms with van der Waals surface area (Å²) < 4.78 is 16.2. The SMILES string of the molecule is C[C@H](C(=O)N1C(=O)OC[C@@H]1Cc1ccccc1)[C@H](O)[C@@H]1COC(C)(C)O1. The predicted octanol–water partition coefficient (Wildman–Crippen LogP) is 1.72. The molecule has 7 nitrogen and oxygen atoms in total. The molecule has 7 heteroatoms. The summed E-state index contributed by atoms with van der Waals surface area (Å²) >= 11 is 0. The monoisotopic (exact) mass is 363 g/mol. The average Bonchev–Trinajstić information content (AvgIpc) is 3.16. The number of nitrogens with zero attached hydrogens (tertiary/aromatic N) is 1. The summed E-state index contributed by atoms with van der Waals surface area (Å²) in [4.78, 5) is 26.1. The molecule has 1 N–H and O–H groups in total. The van der Waals surface area contributed by atoms with Crippen molar-refractivity contribution in [1.82, 2.24) is 4.90 Å². The molecule has 142 valence electrons. The standard InChI is InChI=1S/C19H25NO6/c1-12(16(21)15-11-25-19(2,3)26-15)17(22)20-14(10-24-18(20)23)9-13-7-5-4-6-8-13/h4-8,12,14-16,21H,9-11H2,1-3H3/t12-,14-,15-,16-/m0/s1. The second-order valence-corrected chi connectivity index (χ2v) is 7.28. The Morgan fingerprint density at radius 2 is 2.00 bits per heavy atom. The van der Waals surface area contributed by atoms with Gasteiger partial charge < -0.3 is 19.3 Å². The molecule has 2 saturated heterocycles. The molecule has 2 aliphatic heterocycles. The molecule has 2 amide bonds. The van der Waals surface area contributed by atoms with Crippen molar-refractivity contribution in [2.24, 2.45) is 5.92 Å². The lowest BCUT2D eigenvalue weighted by molar-refractivity contribution is -0.161. The van der Waals surface area contributed by atoms with Gasteiger partial charge in [0.25, 0.3) is 0 Å². The summed E-state index contributed by atoms with van der Waals surface area (Å²) in [6.07, 6.45) is -1.85. The lowest BCUT2D eigenvalue weighted by atomic mass is 9.97. The van der Waals surface area contributed by atoms with E-state index in [9.17, 15) is 14.7 Å². The van der Waals surface area contributed by atoms with Crippen LogP contribution in [-0.4, -0.2) is 59.3 Å². The number of amides is 2. The van der Waals surface area contributed by atoms with E-state index in [1.54, 1.807) is 20.8 Å². The molecule has 0 aromatic heterocycles. The second kappa shape index (κ2) is 7.34. The van der Waals surface area contributed by atoms with Crippen molar-refractivity contribution in [2.75, 3.05) is 13.2 Å². The molecule has 0 radical (unpaired) electrons. The number of aliphatic hydroxyl groups is 1. The number of hydrogen-bond donors (Lipinski definition) is 1. The van der Waals surface area contributed by atoms with Gasteiger partial charge in [-0.15, -0.1) is 0 Å². The van der Waals surface area contributed by atoms with Crippen LogP contribution in [0.2, 0.25) is 0 Å². The first-order valence-corrected chi connectivity index (χ1v) is 8.82. The Morgan fingerprint density at radius 3 is 2.62 bits per heavy atom. The summed E-state index contributed by atoms with van der Waals surface area (Å²) in [5.41, 5.74) is 1.01. The second-order valence-electron chi connectivity index (χ2n) is 7.28. The Balaban J connectivity index is 1.69. The van der Waals surface area contributed by atoms with E-state index in [1.807, 2.05) is 30.3 Å². The van der Waals surface area contributed by atoms with E-state index in [0.717, 1.165) is 10.5 Å². The van der Waals surface area contributed by atoms with Gasteiger partial charge in [0, 0.05) is 0 Å². The van der Waals surface area contributed by atoms with Gasteiger partial charge in [-0.1, -0.05) is 37.3 Å². The van der Waals surface area contributed by atoms with Crippen molar-refractivity contribution in [3.63, 3.8) is 0 Å². The van der Waals surface area contributed by atoms with Gasteiger partial charge in [-0.3, -0.25) is 4.79 Å². The summed E-state index contributed by atoms with van der Waals surface area (Å²) in [7, 11) is 0. The van der Waals surface area contributed by atoms with Crippen LogP contribution in [0.3, 0.4) is 0 Å². The van der Waals surface area contributed by atoms with Crippen LogP contribution < -0.4 is 0 Å². The molecular weight excluding hydrogens is 338 g/mol. The number of rotatable bonds is 5. The highest BCUT2D eigenvalue weighted by molar-refractivity contribution is 5.95. The molecule has 4 atom stereocenters. The van der Waals surface area contributed by atoms with Crippen LogP contribution in [0.4, 0.5) is 4.79 Å². The van der Waals surface area contributed by atoms with Crippen LogP contribution in [0.25, 0.3) is 0 Å². The molecule has 1 aromatic carbocycles. The van der Waals surface area contributed by atoms with E-state index in [0.29, 0.717) is 6.42 Å². The maximum atomic E-state index is 12.9. The number of carbonyl (C=O) groups is 2. The van der Waals surface area contributed by atoms with Gasteiger partial charge in [-0.05, 0) is 25.8 Å². The Kier molecular flexibility index (Phi) is 5.32. The van der Waals surface area contributed by atoms with Crippen LogP contribution in [0.1, 0.15) is 26.3 Å². The number of imide groups is 1. The first-order chi connectivity index (χ1) is 12.3. The van der Waals surface area contributed by atoms with Gasteiger partial charge in [0.15, 0.2) is 5.79 Å². The zero-order valence-corrected chi connectivity index (χ0v) is 15.3. The third kappa shape index (κ3) is 3.90. The summed E-state index contributed by atoms with van der Waals surface area (Å²) in [6.45, 7) is 5.44. The van der Waals surface area contributed by atoms with E-state index >= 15 is 0 Å². The van der Waals surface area contributed by atoms with Crippen molar-refractivity contribution >= 4 is 12.0 Å². The van der Waals surface area contributed by atoms with Crippen LogP contribution in [0, 0.1) is 5.92 Å². The third-order valence-corrected chi connectivity index (χ3v) is 4.83. The fourth-order valence-corrected chi connectivity index (χ4v) is 3.34. The Morgan fingerprint density at radius 1 is 1.31 bits per heavy atom. The molecule has 0 spiro atoms. The molecule has 2 aliphatic rings. The first-order valence-electron chi connectivity index (χ1n) is 8.82. The molecule has 0 saturated carbocycles. The average molecular weight is 363 g/mol. The number of hydrogen-bond acceptors (Lipinski definition) is 6. The molecule has 2 fully saturated rings. The lowest BCUT2D eigenvalue weighted by Crippen LogP contribution is -2.48. The largest absolute Gasteiger partial charge is 0.447 e. The van der Waals surface area contributed by atoms with Gasteiger partial charge in [0.2, 0.25) is 5.91 Å². The zero-order chi connectivity index (χ0) is 18.9. The highest BCUT2D eigenvalue weighted by Crippen LogP contribution is 2.28. The van der Waals surface area contributed by atoms with Crippen molar-refractivity contribution < 1.29 is 28.9 Å². The Bertz CT molecular complexity index is 661. The highest BCUT2D eigenvalue weighted by atomic mass is 16.7. The fraction of sp³-hybridized carbons (Fsp3) is 0.579. The quantitative estimate of drug-likeness (QED) is 0.857. The van der Waals surface area contributed by atoms with Crippen molar-refractivity contribution in [1.29, 1.82) is 0 Å². The molecule has 3 rings (SSSR count). The van der Waals surface area contributed by atoms with Crippen molar-refractivity contribution in [3.8, 4) is 0 Å². The normalized spacial score (nSPS) is 27.2. The lowest BCUT2D eigenvalue weighted by Gasteiger charge is -2.28. The summed E-state index contributed by atoms with van der Waals surface area (Å²) in [5, 5.41) is 10.5. The van der Waals surface area contributed by atoms with Gasteiger partial charge >= 0.3 is 6.09 Å². The van der Waals surface area contributed by atoms with Crippen LogP contribution in [-0.2, 0) is 25.4 Å². The molecule has 0 unspecified atom stereocenters. The number of carbonyl (C=O) groups excluding carboxylic acids is 2. The molecular formula is C19H25NO6. The van der Waals surface area contributed by atoms with Gasteiger partial charge in [-0.2, -0.15) is 0 Å². The minimum absolute atomic E-state index is 0.151. The molecule has 26 heavy (non-hydrogen) atoms. The molecule has 1 aromatic rings. The van der Waals surface area contributed by atoms with Gasteiger partial charge in [0.05, 0.1) is 24.7 Å². The Labute approximate surface area is 152 Å². The van der Waals surface area contributed by atoms with Crippen LogP contribution in [0.5, 0.6) is 0 Å². The summed E-state index contributed by atoms with van der Waals surface area (Å²) in [6, 6.07) is 9.22. The molecule has 2 heterocycles.